The molecule has 8 nitrogen and oxygen atoms in total. The van der Waals surface area contributed by atoms with Crippen molar-refractivity contribution in [2.24, 2.45) is 0 Å². The smallest absolute Gasteiger partial charge is 0.258 e. The third kappa shape index (κ3) is 2.93. The SMILES string of the molecule is CCCn1ccnc1-c1cn(Cc2nc3ccccc3c(=O)[nH]2)nn1. The molecule has 0 saturated carbocycles. The van der Waals surface area contributed by atoms with Crippen LogP contribution < -0.4 is 5.56 Å². The minimum absolute atomic E-state index is 0.153. The fraction of sp³-hybridized carbons (Fsp3) is 0.235. The monoisotopic (exact) mass is 335 g/mol. The topological polar surface area (TPSA) is 94.3 Å². The van der Waals surface area contributed by atoms with Gasteiger partial charge < -0.3 is 9.55 Å². The van der Waals surface area contributed by atoms with Gasteiger partial charge in [0.25, 0.3) is 5.56 Å². The highest BCUT2D eigenvalue weighted by molar-refractivity contribution is 5.77. The van der Waals surface area contributed by atoms with Crippen molar-refractivity contribution < 1.29 is 0 Å². The average Bonchev–Trinajstić information content (AvgIpc) is 3.24. The second kappa shape index (κ2) is 6.31. The van der Waals surface area contributed by atoms with Crippen LogP contribution in [0.2, 0.25) is 0 Å². The molecular formula is C17H17N7O. The molecule has 0 saturated heterocycles. The maximum atomic E-state index is 12.1. The van der Waals surface area contributed by atoms with Gasteiger partial charge >= 0.3 is 0 Å². The number of nitrogens with one attached hydrogen (secondary N) is 1. The molecule has 0 bridgehead atoms. The first kappa shape index (κ1) is 15.3. The summed E-state index contributed by atoms with van der Waals surface area (Å²) in [4.78, 5) is 23.8. The number of H-pyrrole nitrogens is 1. The Morgan fingerprint density at radius 1 is 1.24 bits per heavy atom. The van der Waals surface area contributed by atoms with Crippen LogP contribution in [0.15, 0.2) is 47.7 Å². The number of aromatic amines is 1. The molecular weight excluding hydrogens is 318 g/mol. The molecule has 4 aromatic rings. The van der Waals surface area contributed by atoms with E-state index in [1.54, 1.807) is 16.9 Å². The number of nitrogens with zero attached hydrogens (tertiary/aromatic N) is 6. The minimum atomic E-state index is -0.153. The molecule has 8 heteroatoms. The van der Waals surface area contributed by atoms with Gasteiger partial charge in [-0.15, -0.1) is 5.10 Å². The molecule has 25 heavy (non-hydrogen) atoms. The lowest BCUT2D eigenvalue weighted by molar-refractivity contribution is 0.625. The van der Waals surface area contributed by atoms with E-state index >= 15 is 0 Å². The largest absolute Gasteiger partial charge is 0.330 e. The Balaban J connectivity index is 1.63. The van der Waals surface area contributed by atoms with E-state index < -0.39 is 0 Å². The molecule has 0 spiro atoms. The van der Waals surface area contributed by atoms with Crippen molar-refractivity contribution in [3.8, 4) is 11.5 Å². The van der Waals surface area contributed by atoms with E-state index in [1.165, 1.54) is 0 Å². The van der Waals surface area contributed by atoms with E-state index in [1.807, 2.05) is 35.2 Å². The summed E-state index contributed by atoms with van der Waals surface area (Å²) in [5.41, 5.74) is 1.21. The van der Waals surface area contributed by atoms with Crippen molar-refractivity contribution >= 4 is 10.9 Å². The summed E-state index contributed by atoms with van der Waals surface area (Å²) in [5.74, 6) is 1.32. The average molecular weight is 335 g/mol. The molecule has 0 radical (unpaired) electrons. The van der Waals surface area contributed by atoms with Crippen molar-refractivity contribution in [2.45, 2.75) is 26.4 Å². The second-order valence-corrected chi connectivity index (χ2v) is 5.78. The predicted octanol–water partition coefficient (Wildman–Crippen LogP) is 1.84. The number of aromatic nitrogens is 7. The van der Waals surface area contributed by atoms with Gasteiger partial charge in [0, 0.05) is 18.9 Å². The van der Waals surface area contributed by atoms with Gasteiger partial charge in [-0.25, -0.2) is 14.6 Å². The van der Waals surface area contributed by atoms with E-state index in [-0.39, 0.29) is 5.56 Å². The summed E-state index contributed by atoms with van der Waals surface area (Å²) in [7, 11) is 0. The molecule has 0 aliphatic heterocycles. The molecule has 0 aliphatic rings. The second-order valence-electron chi connectivity index (χ2n) is 5.78. The fourth-order valence-electron chi connectivity index (χ4n) is 2.81. The number of hydrogen-bond donors (Lipinski definition) is 1. The van der Waals surface area contributed by atoms with Crippen LogP contribution in [-0.4, -0.2) is 34.5 Å². The molecule has 0 unspecified atom stereocenters. The summed E-state index contributed by atoms with van der Waals surface area (Å²) in [5, 5.41) is 8.90. The quantitative estimate of drug-likeness (QED) is 0.600. The zero-order chi connectivity index (χ0) is 17.2. The number of para-hydroxylation sites is 1. The van der Waals surface area contributed by atoms with Crippen molar-refractivity contribution in [2.75, 3.05) is 0 Å². The molecule has 1 aromatic carbocycles. The molecule has 3 aromatic heterocycles. The maximum absolute atomic E-state index is 12.1. The number of hydrogen-bond acceptors (Lipinski definition) is 5. The lowest BCUT2D eigenvalue weighted by Gasteiger charge is -2.03. The summed E-state index contributed by atoms with van der Waals surface area (Å²) < 4.78 is 3.69. The highest BCUT2D eigenvalue weighted by atomic mass is 16.1. The Morgan fingerprint density at radius 3 is 3.00 bits per heavy atom. The van der Waals surface area contributed by atoms with Gasteiger partial charge in [-0.05, 0) is 18.6 Å². The molecule has 0 fully saturated rings. The number of aryl methyl sites for hydroxylation is 1. The molecule has 3 heterocycles. The zero-order valence-corrected chi connectivity index (χ0v) is 13.8. The van der Waals surface area contributed by atoms with Gasteiger partial charge in [0.15, 0.2) is 5.82 Å². The van der Waals surface area contributed by atoms with Crippen molar-refractivity contribution in [3.05, 3.63) is 59.0 Å². The van der Waals surface area contributed by atoms with Crippen LogP contribution in [0.3, 0.4) is 0 Å². The minimum Gasteiger partial charge on any atom is -0.330 e. The number of fused-ring (bicyclic) bond motifs is 1. The standard InChI is InChI=1S/C17H17N7O/c1-2-8-23-9-7-18-16(23)14-10-24(22-21-14)11-15-19-13-6-4-3-5-12(13)17(25)20-15/h3-7,9-10H,2,8,11H2,1H3,(H,19,20,25). The van der Waals surface area contributed by atoms with Crippen LogP contribution in [0.5, 0.6) is 0 Å². The Bertz CT molecular complexity index is 1080. The first-order valence-electron chi connectivity index (χ1n) is 8.14. The van der Waals surface area contributed by atoms with Crippen LogP contribution >= 0.6 is 0 Å². The molecule has 1 N–H and O–H groups in total. The van der Waals surface area contributed by atoms with Crippen LogP contribution in [0.25, 0.3) is 22.4 Å². The zero-order valence-electron chi connectivity index (χ0n) is 13.8. The van der Waals surface area contributed by atoms with Crippen LogP contribution in [0.4, 0.5) is 0 Å². The van der Waals surface area contributed by atoms with Crippen LogP contribution in [-0.2, 0) is 13.1 Å². The maximum Gasteiger partial charge on any atom is 0.258 e. The Morgan fingerprint density at radius 2 is 2.12 bits per heavy atom. The van der Waals surface area contributed by atoms with Crippen molar-refractivity contribution in [1.82, 2.24) is 34.5 Å². The lowest BCUT2D eigenvalue weighted by Crippen LogP contribution is -2.14. The first-order chi connectivity index (χ1) is 12.2. The van der Waals surface area contributed by atoms with Gasteiger partial charge in [-0.3, -0.25) is 4.79 Å². The fourth-order valence-corrected chi connectivity index (χ4v) is 2.81. The van der Waals surface area contributed by atoms with Gasteiger partial charge in [0.2, 0.25) is 0 Å². The highest BCUT2D eigenvalue weighted by Gasteiger charge is 2.11. The van der Waals surface area contributed by atoms with Crippen molar-refractivity contribution in [3.63, 3.8) is 0 Å². The number of rotatable bonds is 5. The molecule has 0 aliphatic carbocycles. The molecule has 4 rings (SSSR count). The third-order valence-corrected chi connectivity index (χ3v) is 3.92. The summed E-state index contributed by atoms with van der Waals surface area (Å²) in [6.45, 7) is 3.33. The van der Waals surface area contributed by atoms with Crippen LogP contribution in [0.1, 0.15) is 19.2 Å². The van der Waals surface area contributed by atoms with Crippen LogP contribution in [0, 0.1) is 0 Å². The van der Waals surface area contributed by atoms with Gasteiger partial charge in [-0.1, -0.05) is 24.3 Å². The van der Waals surface area contributed by atoms with E-state index in [9.17, 15) is 4.79 Å². The number of benzene rings is 1. The normalized spacial score (nSPS) is 11.2. The van der Waals surface area contributed by atoms with Crippen molar-refractivity contribution in [1.29, 1.82) is 0 Å². The molecule has 0 atom stereocenters. The predicted molar refractivity (Wildman–Crippen MR) is 93.0 cm³/mol. The molecule has 0 amide bonds. The van der Waals surface area contributed by atoms with E-state index in [0.717, 1.165) is 18.8 Å². The third-order valence-electron chi connectivity index (χ3n) is 3.92. The van der Waals surface area contributed by atoms with E-state index in [0.29, 0.717) is 29.0 Å². The van der Waals surface area contributed by atoms with E-state index in [4.69, 9.17) is 0 Å². The van der Waals surface area contributed by atoms with E-state index in [2.05, 4.69) is 32.2 Å². The Labute approximate surface area is 143 Å². The highest BCUT2D eigenvalue weighted by Crippen LogP contribution is 2.14. The molecule has 126 valence electrons. The van der Waals surface area contributed by atoms with Gasteiger partial charge in [-0.2, -0.15) is 0 Å². The summed E-state index contributed by atoms with van der Waals surface area (Å²) >= 11 is 0. The lowest BCUT2D eigenvalue weighted by atomic mass is 10.2. The summed E-state index contributed by atoms with van der Waals surface area (Å²) in [6, 6.07) is 7.26. The van der Waals surface area contributed by atoms with Gasteiger partial charge in [0.05, 0.1) is 17.1 Å². The Hall–Kier alpha value is -3.29. The number of imidazole rings is 1. The first-order valence-corrected chi connectivity index (χ1v) is 8.14. The Kier molecular flexibility index (Phi) is 3.85. The summed E-state index contributed by atoms with van der Waals surface area (Å²) in [6.07, 6.45) is 6.51. The van der Waals surface area contributed by atoms with Gasteiger partial charge in [0.1, 0.15) is 18.1 Å².